The Labute approximate surface area is 118 Å². The second-order valence-electron chi connectivity index (χ2n) is 4.46. The number of aliphatic hydroxyl groups is 1. The van der Waals surface area contributed by atoms with E-state index in [4.69, 9.17) is 11.6 Å². The van der Waals surface area contributed by atoms with Gasteiger partial charge in [0.1, 0.15) is 5.15 Å². The van der Waals surface area contributed by atoms with E-state index in [2.05, 4.69) is 10.00 Å². The maximum absolute atomic E-state index is 9.22. The molecule has 0 aliphatic rings. The molecule has 2 aromatic rings. The smallest absolute Gasteiger partial charge is 0.131 e. The molecule has 2 rings (SSSR count). The molecule has 1 N–H and O–H groups in total. The highest BCUT2D eigenvalue weighted by atomic mass is 35.5. The van der Waals surface area contributed by atoms with E-state index >= 15 is 0 Å². The lowest BCUT2D eigenvalue weighted by Gasteiger charge is -2.24. The van der Waals surface area contributed by atoms with Crippen LogP contribution < -0.4 is 4.90 Å². The van der Waals surface area contributed by atoms with Crippen molar-refractivity contribution in [1.29, 1.82) is 0 Å². The van der Waals surface area contributed by atoms with E-state index in [0.717, 1.165) is 16.9 Å². The van der Waals surface area contributed by atoms with E-state index in [1.807, 2.05) is 44.3 Å². The Morgan fingerprint density at radius 3 is 2.53 bits per heavy atom. The van der Waals surface area contributed by atoms with E-state index in [9.17, 15) is 5.11 Å². The summed E-state index contributed by atoms with van der Waals surface area (Å²) in [7, 11) is 1.83. The van der Waals surface area contributed by atoms with Gasteiger partial charge in [-0.2, -0.15) is 5.10 Å². The molecule has 0 saturated carbocycles. The Morgan fingerprint density at radius 1 is 1.32 bits per heavy atom. The average molecular weight is 280 g/mol. The Balaban J connectivity index is 2.26. The third kappa shape index (κ3) is 3.08. The number of aryl methyl sites for hydroxylation is 2. The van der Waals surface area contributed by atoms with E-state index in [0.29, 0.717) is 18.2 Å². The van der Waals surface area contributed by atoms with Gasteiger partial charge in [0.05, 0.1) is 12.3 Å². The number of hydrogen-bond acceptors (Lipinski definition) is 3. The molecule has 1 aromatic carbocycles. The first-order chi connectivity index (χ1) is 9.13. The first-order valence-corrected chi connectivity index (χ1v) is 6.60. The van der Waals surface area contributed by atoms with Crippen LogP contribution in [-0.2, 0) is 13.6 Å². The molecule has 0 aliphatic heterocycles. The first kappa shape index (κ1) is 13.9. The summed E-state index contributed by atoms with van der Waals surface area (Å²) >= 11 is 6.26. The zero-order valence-corrected chi connectivity index (χ0v) is 11.9. The molecular weight excluding hydrogens is 262 g/mol. The highest BCUT2D eigenvalue weighted by Gasteiger charge is 2.15. The fraction of sp³-hybridized carbons (Fsp3) is 0.357. The number of aromatic nitrogens is 2. The third-order valence-electron chi connectivity index (χ3n) is 3.11. The molecule has 0 spiro atoms. The van der Waals surface area contributed by atoms with Crippen molar-refractivity contribution in [2.45, 2.75) is 13.5 Å². The van der Waals surface area contributed by atoms with Crippen LogP contribution in [-0.4, -0.2) is 28.0 Å². The lowest BCUT2D eigenvalue weighted by atomic mass is 10.2. The Bertz CT molecular complexity index is 539. The van der Waals surface area contributed by atoms with Crippen LogP contribution in [0.3, 0.4) is 0 Å². The summed E-state index contributed by atoms with van der Waals surface area (Å²) in [4.78, 5) is 2.09. The van der Waals surface area contributed by atoms with Crippen LogP contribution in [0, 0.1) is 6.92 Å². The van der Waals surface area contributed by atoms with Crippen molar-refractivity contribution >= 4 is 17.3 Å². The van der Waals surface area contributed by atoms with Gasteiger partial charge in [-0.05, 0) is 19.1 Å². The van der Waals surface area contributed by atoms with Crippen molar-refractivity contribution < 1.29 is 5.11 Å². The van der Waals surface area contributed by atoms with Gasteiger partial charge in [0, 0.05) is 31.4 Å². The minimum atomic E-state index is 0.103. The number of halogens is 1. The number of anilines is 1. The number of rotatable bonds is 5. The zero-order valence-electron chi connectivity index (χ0n) is 11.2. The largest absolute Gasteiger partial charge is 0.395 e. The van der Waals surface area contributed by atoms with E-state index in [1.165, 1.54) is 0 Å². The predicted molar refractivity (Wildman–Crippen MR) is 77.5 cm³/mol. The highest BCUT2D eigenvalue weighted by molar-refractivity contribution is 6.30. The Kier molecular flexibility index (Phi) is 4.45. The van der Waals surface area contributed by atoms with Crippen molar-refractivity contribution in [2.75, 3.05) is 18.1 Å². The second kappa shape index (κ2) is 6.08. The normalized spacial score (nSPS) is 10.7. The maximum Gasteiger partial charge on any atom is 0.131 e. The Morgan fingerprint density at radius 2 is 2.00 bits per heavy atom. The number of benzene rings is 1. The second-order valence-corrected chi connectivity index (χ2v) is 4.82. The number of para-hydroxylation sites is 1. The van der Waals surface area contributed by atoms with Crippen molar-refractivity contribution in [2.24, 2.45) is 7.05 Å². The summed E-state index contributed by atoms with van der Waals surface area (Å²) in [5, 5.41) is 14.2. The van der Waals surface area contributed by atoms with Gasteiger partial charge in [0.25, 0.3) is 0 Å². The topological polar surface area (TPSA) is 41.3 Å². The van der Waals surface area contributed by atoms with Crippen LogP contribution in [0.15, 0.2) is 30.3 Å². The zero-order chi connectivity index (χ0) is 13.8. The van der Waals surface area contributed by atoms with E-state index < -0.39 is 0 Å². The number of nitrogens with zero attached hydrogens (tertiary/aromatic N) is 3. The van der Waals surface area contributed by atoms with Crippen LogP contribution in [0.4, 0.5) is 5.69 Å². The molecule has 102 valence electrons. The van der Waals surface area contributed by atoms with Crippen LogP contribution in [0.5, 0.6) is 0 Å². The molecule has 0 amide bonds. The molecule has 0 radical (unpaired) electrons. The summed E-state index contributed by atoms with van der Waals surface area (Å²) in [5.74, 6) is 0. The summed E-state index contributed by atoms with van der Waals surface area (Å²) in [5.41, 5.74) is 2.99. The summed E-state index contributed by atoms with van der Waals surface area (Å²) in [6, 6.07) is 9.99. The molecule has 19 heavy (non-hydrogen) atoms. The van der Waals surface area contributed by atoms with Crippen molar-refractivity contribution in [3.05, 3.63) is 46.7 Å². The van der Waals surface area contributed by atoms with Gasteiger partial charge in [0.2, 0.25) is 0 Å². The standard InChI is InChI=1S/C14H18ClN3O/c1-11-13(14(15)17(2)16-11)10-18(8-9-19)12-6-4-3-5-7-12/h3-7,19H,8-10H2,1-2H3. The monoisotopic (exact) mass is 279 g/mol. The fourth-order valence-corrected chi connectivity index (χ4v) is 2.34. The van der Waals surface area contributed by atoms with E-state index in [-0.39, 0.29) is 6.61 Å². The molecule has 0 bridgehead atoms. The lowest BCUT2D eigenvalue weighted by Crippen LogP contribution is -2.26. The van der Waals surface area contributed by atoms with Crippen molar-refractivity contribution in [1.82, 2.24) is 9.78 Å². The van der Waals surface area contributed by atoms with Crippen LogP contribution in [0.25, 0.3) is 0 Å². The molecule has 0 unspecified atom stereocenters. The molecule has 0 atom stereocenters. The van der Waals surface area contributed by atoms with Crippen LogP contribution in [0.1, 0.15) is 11.3 Å². The van der Waals surface area contributed by atoms with Crippen molar-refractivity contribution in [3.8, 4) is 0 Å². The van der Waals surface area contributed by atoms with Gasteiger partial charge in [-0.15, -0.1) is 0 Å². The summed E-state index contributed by atoms with van der Waals surface area (Å²) in [6.45, 7) is 3.26. The van der Waals surface area contributed by atoms with Crippen molar-refractivity contribution in [3.63, 3.8) is 0 Å². The van der Waals surface area contributed by atoms with Gasteiger partial charge < -0.3 is 10.0 Å². The third-order valence-corrected chi connectivity index (χ3v) is 3.58. The maximum atomic E-state index is 9.22. The number of hydrogen-bond donors (Lipinski definition) is 1. The highest BCUT2D eigenvalue weighted by Crippen LogP contribution is 2.23. The molecule has 0 fully saturated rings. The molecule has 1 aromatic heterocycles. The van der Waals surface area contributed by atoms with Gasteiger partial charge in [-0.25, -0.2) is 0 Å². The summed E-state index contributed by atoms with van der Waals surface area (Å²) < 4.78 is 1.67. The van der Waals surface area contributed by atoms with Gasteiger partial charge in [-0.3, -0.25) is 4.68 Å². The molecule has 4 nitrogen and oxygen atoms in total. The van der Waals surface area contributed by atoms with Gasteiger partial charge in [0.15, 0.2) is 0 Å². The average Bonchev–Trinajstić information content (AvgIpc) is 2.65. The number of aliphatic hydroxyl groups excluding tert-OH is 1. The van der Waals surface area contributed by atoms with Gasteiger partial charge in [-0.1, -0.05) is 29.8 Å². The van der Waals surface area contributed by atoms with E-state index in [1.54, 1.807) is 4.68 Å². The molecule has 5 heteroatoms. The molecular formula is C14H18ClN3O. The summed E-state index contributed by atoms with van der Waals surface area (Å²) in [6.07, 6.45) is 0. The van der Waals surface area contributed by atoms with Gasteiger partial charge >= 0.3 is 0 Å². The van der Waals surface area contributed by atoms with Crippen LogP contribution in [0.2, 0.25) is 5.15 Å². The SMILES string of the molecule is Cc1nn(C)c(Cl)c1CN(CCO)c1ccccc1. The predicted octanol–water partition coefficient (Wildman–Crippen LogP) is 2.38. The van der Waals surface area contributed by atoms with Crippen LogP contribution >= 0.6 is 11.6 Å². The minimum absolute atomic E-state index is 0.103. The lowest BCUT2D eigenvalue weighted by molar-refractivity contribution is 0.301. The minimum Gasteiger partial charge on any atom is -0.395 e. The molecule has 0 aliphatic carbocycles. The quantitative estimate of drug-likeness (QED) is 0.914. The Hall–Kier alpha value is -1.52. The molecule has 0 saturated heterocycles. The first-order valence-electron chi connectivity index (χ1n) is 6.22. The molecule has 1 heterocycles. The fourth-order valence-electron chi connectivity index (χ4n) is 2.10.